The maximum atomic E-state index is 12.1. The Hall–Kier alpha value is -1.55. The van der Waals surface area contributed by atoms with Crippen molar-refractivity contribution < 1.29 is 9.53 Å². The second-order valence-corrected chi connectivity index (χ2v) is 3.94. The maximum absolute atomic E-state index is 12.1. The van der Waals surface area contributed by atoms with Crippen molar-refractivity contribution in [2.75, 3.05) is 25.6 Å². The first kappa shape index (κ1) is 13.5. The van der Waals surface area contributed by atoms with Gasteiger partial charge in [-0.25, -0.2) is 0 Å². The van der Waals surface area contributed by atoms with E-state index in [2.05, 4.69) is 0 Å². The molecule has 1 aromatic carbocycles. The quantitative estimate of drug-likeness (QED) is 0.845. The van der Waals surface area contributed by atoms with Crippen molar-refractivity contribution in [3.63, 3.8) is 0 Å². The molecule has 1 rings (SSSR count). The van der Waals surface area contributed by atoms with Gasteiger partial charge in [-0.1, -0.05) is 6.92 Å². The third-order valence-electron chi connectivity index (χ3n) is 2.92. The standard InChI is InChI=1S/C13H20N2O2/c1-4-10(9-14)13(16)15(2)11-5-7-12(17-3)8-6-11/h5-8,10H,4,9,14H2,1-3H3. The molecule has 0 aliphatic carbocycles. The van der Waals surface area contributed by atoms with Crippen LogP contribution in [0.2, 0.25) is 0 Å². The number of nitrogens with zero attached hydrogens (tertiary/aromatic N) is 1. The van der Waals surface area contributed by atoms with E-state index < -0.39 is 0 Å². The fourth-order valence-corrected chi connectivity index (χ4v) is 1.65. The zero-order valence-electron chi connectivity index (χ0n) is 10.6. The first-order chi connectivity index (χ1) is 8.13. The Labute approximate surface area is 102 Å². The molecular formula is C13H20N2O2. The molecule has 0 spiro atoms. The molecule has 2 N–H and O–H groups in total. The smallest absolute Gasteiger partial charge is 0.231 e. The molecule has 0 aliphatic heterocycles. The van der Waals surface area contributed by atoms with E-state index in [0.29, 0.717) is 6.54 Å². The molecule has 1 atom stereocenters. The number of anilines is 1. The van der Waals surface area contributed by atoms with Crippen molar-refractivity contribution in [1.29, 1.82) is 0 Å². The number of ether oxygens (including phenoxy) is 1. The predicted octanol–water partition coefficient (Wildman–Crippen LogP) is 1.64. The molecule has 0 fully saturated rings. The molecule has 94 valence electrons. The van der Waals surface area contributed by atoms with Gasteiger partial charge in [0.25, 0.3) is 0 Å². The molecule has 0 aliphatic rings. The largest absolute Gasteiger partial charge is 0.497 e. The molecule has 1 amide bonds. The molecule has 1 aromatic rings. The van der Waals surface area contributed by atoms with Crippen LogP contribution in [0.5, 0.6) is 5.75 Å². The summed E-state index contributed by atoms with van der Waals surface area (Å²) in [5, 5.41) is 0. The Morgan fingerprint density at radius 2 is 2.00 bits per heavy atom. The SMILES string of the molecule is CCC(CN)C(=O)N(C)c1ccc(OC)cc1. The van der Waals surface area contributed by atoms with Crippen molar-refractivity contribution in [1.82, 2.24) is 0 Å². The number of rotatable bonds is 5. The van der Waals surface area contributed by atoms with Crippen molar-refractivity contribution in [2.24, 2.45) is 11.7 Å². The van der Waals surface area contributed by atoms with E-state index in [1.165, 1.54) is 0 Å². The van der Waals surface area contributed by atoms with Crippen molar-refractivity contribution >= 4 is 11.6 Å². The van der Waals surface area contributed by atoms with Crippen LogP contribution in [0.4, 0.5) is 5.69 Å². The van der Waals surface area contributed by atoms with Gasteiger partial charge >= 0.3 is 0 Å². The Kier molecular flexibility index (Phi) is 4.97. The van der Waals surface area contributed by atoms with Gasteiger partial charge in [-0.05, 0) is 30.7 Å². The average molecular weight is 236 g/mol. The fraction of sp³-hybridized carbons (Fsp3) is 0.462. The van der Waals surface area contributed by atoms with Crippen LogP contribution in [0.15, 0.2) is 24.3 Å². The molecule has 0 heterocycles. The summed E-state index contributed by atoms with van der Waals surface area (Å²) in [5.41, 5.74) is 6.43. The molecule has 0 bridgehead atoms. The summed E-state index contributed by atoms with van der Waals surface area (Å²) in [6, 6.07) is 7.39. The van der Waals surface area contributed by atoms with Crippen LogP contribution in [-0.4, -0.2) is 26.6 Å². The Morgan fingerprint density at radius 3 is 2.41 bits per heavy atom. The van der Waals surface area contributed by atoms with Crippen LogP contribution >= 0.6 is 0 Å². The van der Waals surface area contributed by atoms with Crippen molar-refractivity contribution in [3.8, 4) is 5.75 Å². The number of carbonyl (C=O) groups excluding carboxylic acids is 1. The number of nitrogens with two attached hydrogens (primary N) is 1. The highest BCUT2D eigenvalue weighted by atomic mass is 16.5. The summed E-state index contributed by atoms with van der Waals surface area (Å²) in [4.78, 5) is 13.7. The number of hydrogen-bond acceptors (Lipinski definition) is 3. The van der Waals surface area contributed by atoms with Gasteiger partial charge in [-0.2, -0.15) is 0 Å². The van der Waals surface area contributed by atoms with E-state index in [0.717, 1.165) is 17.9 Å². The van der Waals surface area contributed by atoms with E-state index in [4.69, 9.17) is 10.5 Å². The first-order valence-corrected chi connectivity index (χ1v) is 5.75. The van der Waals surface area contributed by atoms with E-state index in [1.807, 2.05) is 31.2 Å². The lowest BCUT2D eigenvalue weighted by Gasteiger charge is -2.22. The molecule has 17 heavy (non-hydrogen) atoms. The summed E-state index contributed by atoms with van der Waals surface area (Å²) in [6.45, 7) is 2.35. The van der Waals surface area contributed by atoms with Crippen LogP contribution < -0.4 is 15.4 Å². The van der Waals surface area contributed by atoms with Gasteiger partial charge in [0.2, 0.25) is 5.91 Å². The number of amides is 1. The molecule has 0 saturated heterocycles. The van der Waals surface area contributed by atoms with Gasteiger partial charge in [0, 0.05) is 19.3 Å². The summed E-state index contributed by atoms with van der Waals surface area (Å²) < 4.78 is 5.08. The molecule has 0 saturated carbocycles. The third-order valence-corrected chi connectivity index (χ3v) is 2.92. The fourth-order valence-electron chi connectivity index (χ4n) is 1.65. The minimum absolute atomic E-state index is 0.0557. The molecule has 0 aromatic heterocycles. The monoisotopic (exact) mass is 236 g/mol. The van der Waals surface area contributed by atoms with E-state index in [9.17, 15) is 4.79 Å². The maximum Gasteiger partial charge on any atom is 0.231 e. The Balaban J connectivity index is 2.80. The van der Waals surface area contributed by atoms with Gasteiger partial charge in [0.15, 0.2) is 0 Å². The summed E-state index contributed by atoms with van der Waals surface area (Å²) in [6.07, 6.45) is 0.760. The minimum Gasteiger partial charge on any atom is -0.497 e. The second kappa shape index (κ2) is 6.25. The Morgan fingerprint density at radius 1 is 1.41 bits per heavy atom. The van der Waals surface area contributed by atoms with E-state index >= 15 is 0 Å². The predicted molar refractivity (Wildman–Crippen MR) is 69.2 cm³/mol. The number of carbonyl (C=O) groups is 1. The van der Waals surface area contributed by atoms with Crippen LogP contribution in [0.1, 0.15) is 13.3 Å². The molecule has 1 unspecified atom stereocenters. The number of hydrogen-bond donors (Lipinski definition) is 1. The van der Waals surface area contributed by atoms with Crippen LogP contribution in [0, 0.1) is 5.92 Å². The highest BCUT2D eigenvalue weighted by Gasteiger charge is 2.19. The van der Waals surface area contributed by atoms with Gasteiger partial charge in [0.05, 0.1) is 13.0 Å². The molecule has 0 radical (unpaired) electrons. The van der Waals surface area contributed by atoms with Crippen LogP contribution in [-0.2, 0) is 4.79 Å². The summed E-state index contributed by atoms with van der Waals surface area (Å²) in [5.74, 6) is 0.725. The van der Waals surface area contributed by atoms with Crippen LogP contribution in [0.25, 0.3) is 0 Å². The average Bonchev–Trinajstić information content (AvgIpc) is 2.39. The lowest BCUT2D eigenvalue weighted by Crippen LogP contribution is -2.36. The van der Waals surface area contributed by atoms with Gasteiger partial charge in [-0.3, -0.25) is 4.79 Å². The van der Waals surface area contributed by atoms with E-state index in [1.54, 1.807) is 19.1 Å². The summed E-state index contributed by atoms with van der Waals surface area (Å²) in [7, 11) is 3.38. The topological polar surface area (TPSA) is 55.6 Å². The zero-order chi connectivity index (χ0) is 12.8. The van der Waals surface area contributed by atoms with Gasteiger partial charge < -0.3 is 15.4 Å². The van der Waals surface area contributed by atoms with E-state index in [-0.39, 0.29) is 11.8 Å². The molecular weight excluding hydrogens is 216 g/mol. The molecule has 4 nitrogen and oxygen atoms in total. The second-order valence-electron chi connectivity index (χ2n) is 3.94. The highest BCUT2D eigenvalue weighted by Crippen LogP contribution is 2.20. The first-order valence-electron chi connectivity index (χ1n) is 5.75. The number of benzene rings is 1. The zero-order valence-corrected chi connectivity index (χ0v) is 10.6. The molecule has 4 heteroatoms. The van der Waals surface area contributed by atoms with Crippen molar-refractivity contribution in [3.05, 3.63) is 24.3 Å². The third kappa shape index (κ3) is 3.20. The van der Waals surface area contributed by atoms with Crippen molar-refractivity contribution in [2.45, 2.75) is 13.3 Å². The number of methoxy groups -OCH3 is 1. The minimum atomic E-state index is -0.109. The summed E-state index contributed by atoms with van der Waals surface area (Å²) >= 11 is 0. The lowest BCUT2D eigenvalue weighted by molar-refractivity contribution is -0.121. The lowest BCUT2D eigenvalue weighted by atomic mass is 10.1. The van der Waals surface area contributed by atoms with Crippen LogP contribution in [0.3, 0.4) is 0 Å². The van der Waals surface area contributed by atoms with Gasteiger partial charge in [0.1, 0.15) is 5.75 Å². The van der Waals surface area contributed by atoms with Gasteiger partial charge in [-0.15, -0.1) is 0 Å². The highest BCUT2D eigenvalue weighted by molar-refractivity contribution is 5.94. The normalized spacial score (nSPS) is 12.0. The Bertz CT molecular complexity index is 358.